The SMILES string of the molecule is O=C1N=C(NCCN2CCOCC2)SC1=C(Cc1ccc(C(F)(F)F)cc1C(F)(F)F)c1ccc2[nH]ncc2c1. The van der Waals surface area contributed by atoms with Gasteiger partial charge in [-0.2, -0.15) is 36.4 Å². The first-order valence-corrected chi connectivity index (χ1v) is 13.1. The zero-order valence-electron chi connectivity index (χ0n) is 20.8. The fraction of sp³-hybridized carbons (Fsp3) is 0.346. The number of allylic oxidation sites excluding steroid dienone is 1. The van der Waals surface area contributed by atoms with Crippen LogP contribution in [-0.4, -0.2) is 65.6 Å². The standard InChI is InChI=1S/C26H23F6N5O2S/c27-25(28,29)18-3-1-16(20(13-18)26(30,31)32)12-19(15-2-4-21-17(11-15)14-34-36-21)22-23(38)35-24(40-22)33-5-6-37-7-9-39-10-8-37/h1-4,11,13-14H,5-10,12H2,(H,34,36)(H,33,35,38). The smallest absolute Gasteiger partial charge is 0.379 e. The number of amides is 1. The number of halogens is 6. The van der Waals surface area contributed by atoms with Crippen molar-refractivity contribution in [2.75, 3.05) is 39.4 Å². The number of amidine groups is 1. The van der Waals surface area contributed by atoms with Gasteiger partial charge in [0.05, 0.1) is 41.0 Å². The minimum Gasteiger partial charge on any atom is -0.379 e. The molecule has 1 aromatic heterocycles. The molecule has 0 saturated carbocycles. The Kier molecular flexibility index (Phi) is 7.93. The lowest BCUT2D eigenvalue weighted by atomic mass is 9.92. The molecule has 0 spiro atoms. The third-order valence-corrected chi connectivity index (χ3v) is 7.63. The number of nitrogens with zero attached hydrogens (tertiary/aromatic N) is 3. The molecule has 3 aromatic rings. The molecule has 0 bridgehead atoms. The number of nitrogens with one attached hydrogen (secondary N) is 2. The van der Waals surface area contributed by atoms with Gasteiger partial charge in [0, 0.05) is 31.6 Å². The van der Waals surface area contributed by atoms with Gasteiger partial charge in [-0.1, -0.05) is 12.1 Å². The van der Waals surface area contributed by atoms with E-state index in [0.717, 1.165) is 30.9 Å². The number of morpholine rings is 1. The fourth-order valence-electron chi connectivity index (χ4n) is 4.52. The molecule has 7 nitrogen and oxygen atoms in total. The van der Waals surface area contributed by atoms with Gasteiger partial charge in [0.2, 0.25) is 0 Å². The second-order valence-corrected chi connectivity index (χ2v) is 10.2. The molecule has 5 rings (SSSR count). The number of thioether (sulfide) groups is 1. The fourth-order valence-corrected chi connectivity index (χ4v) is 5.47. The Morgan fingerprint density at radius 1 is 1.05 bits per heavy atom. The molecule has 1 amide bonds. The average molecular weight is 584 g/mol. The number of H-pyrrole nitrogens is 1. The van der Waals surface area contributed by atoms with E-state index in [-0.39, 0.29) is 16.5 Å². The molecule has 1 fully saturated rings. The number of carbonyl (C=O) groups excluding carboxylic acids is 1. The highest BCUT2D eigenvalue weighted by atomic mass is 32.2. The molecule has 0 aliphatic carbocycles. The summed E-state index contributed by atoms with van der Waals surface area (Å²) in [6, 6.07) is 6.49. The van der Waals surface area contributed by atoms with Gasteiger partial charge in [0.1, 0.15) is 0 Å². The summed E-state index contributed by atoms with van der Waals surface area (Å²) in [4.78, 5) is 19.3. The molecular weight excluding hydrogens is 560 g/mol. The minimum atomic E-state index is -5.05. The van der Waals surface area contributed by atoms with Crippen molar-refractivity contribution in [3.63, 3.8) is 0 Å². The first-order valence-electron chi connectivity index (χ1n) is 12.3. The number of fused-ring (bicyclic) bond motifs is 1. The molecule has 0 atom stereocenters. The topological polar surface area (TPSA) is 82.6 Å². The highest BCUT2D eigenvalue weighted by Crippen LogP contribution is 2.41. The van der Waals surface area contributed by atoms with Crippen LogP contribution in [0.5, 0.6) is 0 Å². The number of hydrogen-bond acceptors (Lipinski definition) is 6. The summed E-state index contributed by atoms with van der Waals surface area (Å²) >= 11 is 0.997. The lowest BCUT2D eigenvalue weighted by Crippen LogP contribution is -2.40. The number of aromatic nitrogens is 2. The normalized spacial score (nSPS) is 18.4. The molecular formula is C26H23F6N5O2S. The van der Waals surface area contributed by atoms with Crippen LogP contribution in [0.15, 0.2) is 52.5 Å². The maximum Gasteiger partial charge on any atom is 0.416 e. The van der Waals surface area contributed by atoms with Gasteiger partial charge in [0.15, 0.2) is 5.17 Å². The molecule has 2 aromatic carbocycles. The van der Waals surface area contributed by atoms with Crippen molar-refractivity contribution in [1.29, 1.82) is 0 Å². The summed E-state index contributed by atoms with van der Waals surface area (Å²) in [5.41, 5.74) is -1.88. The molecule has 212 valence electrons. The van der Waals surface area contributed by atoms with Crippen molar-refractivity contribution in [1.82, 2.24) is 20.4 Å². The predicted molar refractivity (Wildman–Crippen MR) is 138 cm³/mol. The molecule has 2 N–H and O–H groups in total. The Labute approximate surface area is 228 Å². The molecule has 2 aliphatic rings. The maximum atomic E-state index is 13.9. The van der Waals surface area contributed by atoms with Crippen LogP contribution in [0, 0.1) is 0 Å². The van der Waals surface area contributed by atoms with Crippen LogP contribution in [0.1, 0.15) is 22.3 Å². The third-order valence-electron chi connectivity index (χ3n) is 6.58. The lowest BCUT2D eigenvalue weighted by Gasteiger charge is -2.26. The zero-order valence-corrected chi connectivity index (χ0v) is 21.6. The van der Waals surface area contributed by atoms with Gasteiger partial charge in [-0.3, -0.25) is 14.8 Å². The van der Waals surface area contributed by atoms with E-state index < -0.39 is 41.4 Å². The number of rotatable bonds is 6. The van der Waals surface area contributed by atoms with Crippen LogP contribution in [-0.2, 0) is 28.3 Å². The van der Waals surface area contributed by atoms with Crippen LogP contribution in [0.3, 0.4) is 0 Å². The average Bonchev–Trinajstić information content (AvgIpc) is 3.52. The zero-order chi connectivity index (χ0) is 28.5. The van der Waals surface area contributed by atoms with Gasteiger partial charge < -0.3 is 10.1 Å². The Bertz CT molecular complexity index is 1470. The van der Waals surface area contributed by atoms with Crippen molar-refractivity contribution < 1.29 is 35.9 Å². The van der Waals surface area contributed by atoms with Gasteiger partial charge in [-0.15, -0.1) is 0 Å². The van der Waals surface area contributed by atoms with Crippen LogP contribution in [0.2, 0.25) is 0 Å². The molecule has 1 saturated heterocycles. The Morgan fingerprint density at radius 3 is 2.55 bits per heavy atom. The van der Waals surface area contributed by atoms with Crippen molar-refractivity contribution in [2.45, 2.75) is 18.8 Å². The third kappa shape index (κ3) is 6.34. The second kappa shape index (κ2) is 11.3. The van der Waals surface area contributed by atoms with Crippen LogP contribution in [0.4, 0.5) is 26.3 Å². The van der Waals surface area contributed by atoms with Crippen molar-refractivity contribution in [2.24, 2.45) is 4.99 Å². The van der Waals surface area contributed by atoms with Crippen molar-refractivity contribution in [3.05, 3.63) is 69.8 Å². The summed E-state index contributed by atoms with van der Waals surface area (Å²) < 4.78 is 86.8. The number of benzene rings is 2. The van der Waals surface area contributed by atoms with E-state index in [1.54, 1.807) is 18.2 Å². The molecule has 0 unspecified atom stereocenters. The van der Waals surface area contributed by atoms with Crippen LogP contribution in [0.25, 0.3) is 16.5 Å². The summed E-state index contributed by atoms with van der Waals surface area (Å²) in [5.74, 6) is -0.637. The van der Waals surface area contributed by atoms with E-state index >= 15 is 0 Å². The van der Waals surface area contributed by atoms with E-state index in [0.29, 0.717) is 54.0 Å². The summed E-state index contributed by atoms with van der Waals surface area (Å²) in [6.07, 6.45) is -8.91. The molecule has 40 heavy (non-hydrogen) atoms. The lowest BCUT2D eigenvalue weighted by molar-refractivity contribution is -0.143. The highest BCUT2D eigenvalue weighted by molar-refractivity contribution is 8.18. The number of ether oxygens (including phenoxy) is 1. The minimum absolute atomic E-state index is 0.102. The summed E-state index contributed by atoms with van der Waals surface area (Å²) in [5, 5.41) is 10.8. The molecule has 2 aliphatic heterocycles. The number of alkyl halides is 6. The highest BCUT2D eigenvalue weighted by Gasteiger charge is 2.38. The van der Waals surface area contributed by atoms with E-state index in [4.69, 9.17) is 4.74 Å². The first-order chi connectivity index (χ1) is 19.0. The quantitative estimate of drug-likeness (QED) is 0.310. The van der Waals surface area contributed by atoms with Crippen LogP contribution < -0.4 is 5.32 Å². The summed E-state index contributed by atoms with van der Waals surface area (Å²) in [7, 11) is 0. The molecule has 0 radical (unpaired) electrons. The van der Waals surface area contributed by atoms with E-state index in [1.165, 1.54) is 6.20 Å². The van der Waals surface area contributed by atoms with Gasteiger partial charge in [0.25, 0.3) is 5.91 Å². The second-order valence-electron chi connectivity index (χ2n) is 9.23. The van der Waals surface area contributed by atoms with E-state index in [9.17, 15) is 31.1 Å². The van der Waals surface area contributed by atoms with Crippen molar-refractivity contribution >= 4 is 39.3 Å². The van der Waals surface area contributed by atoms with Gasteiger partial charge in [-0.05, 0) is 59.1 Å². The number of hydrogen-bond donors (Lipinski definition) is 2. The van der Waals surface area contributed by atoms with Gasteiger partial charge >= 0.3 is 12.4 Å². The maximum absolute atomic E-state index is 13.9. The Morgan fingerprint density at radius 2 is 1.82 bits per heavy atom. The monoisotopic (exact) mass is 583 g/mol. The molecule has 14 heteroatoms. The number of carbonyl (C=O) groups is 1. The van der Waals surface area contributed by atoms with E-state index in [1.807, 2.05) is 0 Å². The molecule has 3 heterocycles. The summed E-state index contributed by atoms with van der Waals surface area (Å²) in [6.45, 7) is 3.99. The predicted octanol–water partition coefficient (Wildman–Crippen LogP) is 5.11. The Balaban J connectivity index is 1.48. The van der Waals surface area contributed by atoms with E-state index in [2.05, 4.69) is 25.4 Å². The number of aromatic amines is 1. The van der Waals surface area contributed by atoms with Crippen molar-refractivity contribution in [3.8, 4) is 0 Å². The number of aliphatic imine (C=N–C) groups is 1. The largest absolute Gasteiger partial charge is 0.416 e. The van der Waals surface area contributed by atoms with Crippen LogP contribution >= 0.6 is 11.8 Å². The first kappa shape index (κ1) is 28.2. The Hall–Kier alpha value is -3.36. The van der Waals surface area contributed by atoms with Gasteiger partial charge in [-0.25, -0.2) is 0 Å².